The average molecular weight is 402 g/mol. The first-order chi connectivity index (χ1) is 13.9. The third-order valence-corrected chi connectivity index (χ3v) is 5.92. The van der Waals surface area contributed by atoms with Gasteiger partial charge in [-0.25, -0.2) is 4.79 Å². The lowest BCUT2D eigenvalue weighted by molar-refractivity contribution is 0.0963. The number of rotatable bonds is 9. The third kappa shape index (κ3) is 6.51. The lowest BCUT2D eigenvalue weighted by atomic mass is 9.89. The van der Waals surface area contributed by atoms with Crippen LogP contribution in [0.4, 0.5) is 4.79 Å². The lowest BCUT2D eigenvalue weighted by Crippen LogP contribution is -2.54. The van der Waals surface area contributed by atoms with Crippen LogP contribution in [0.3, 0.4) is 0 Å². The van der Waals surface area contributed by atoms with E-state index in [0.29, 0.717) is 5.56 Å². The number of ether oxygens (including phenoxy) is 1. The van der Waals surface area contributed by atoms with Gasteiger partial charge in [-0.1, -0.05) is 19.9 Å². The van der Waals surface area contributed by atoms with E-state index >= 15 is 0 Å². The Hall–Kier alpha value is -2.50. The highest BCUT2D eigenvalue weighted by atomic mass is 16.5. The van der Waals surface area contributed by atoms with Crippen molar-refractivity contribution in [2.75, 3.05) is 7.05 Å². The van der Waals surface area contributed by atoms with Crippen molar-refractivity contribution in [3.63, 3.8) is 0 Å². The minimum atomic E-state index is -0.215. The van der Waals surface area contributed by atoms with Crippen molar-refractivity contribution in [2.45, 2.75) is 76.5 Å². The number of amides is 3. The van der Waals surface area contributed by atoms with Crippen LogP contribution in [0.15, 0.2) is 36.9 Å². The van der Waals surface area contributed by atoms with Crippen LogP contribution in [-0.4, -0.2) is 36.7 Å². The van der Waals surface area contributed by atoms with Gasteiger partial charge in [0.1, 0.15) is 5.75 Å². The van der Waals surface area contributed by atoms with Gasteiger partial charge in [0.05, 0.1) is 6.10 Å². The molecule has 0 radical (unpaired) electrons. The summed E-state index contributed by atoms with van der Waals surface area (Å²) >= 11 is 0. The second kappa shape index (κ2) is 10.9. The molecule has 0 unspecified atom stereocenters. The van der Waals surface area contributed by atoms with Crippen molar-refractivity contribution >= 4 is 11.9 Å². The van der Waals surface area contributed by atoms with Crippen LogP contribution in [0.25, 0.3) is 0 Å². The molecule has 0 aliphatic heterocycles. The van der Waals surface area contributed by atoms with Crippen LogP contribution in [0, 0.1) is 0 Å². The van der Waals surface area contributed by atoms with Gasteiger partial charge in [-0.3, -0.25) is 4.79 Å². The molecule has 0 atom stereocenters. The van der Waals surface area contributed by atoms with E-state index in [9.17, 15) is 9.59 Å². The van der Waals surface area contributed by atoms with Gasteiger partial charge in [-0.2, -0.15) is 0 Å². The Bertz CT molecular complexity index is 675. The second-order valence-corrected chi connectivity index (χ2v) is 7.77. The first-order valence-corrected chi connectivity index (χ1v) is 10.6. The van der Waals surface area contributed by atoms with Crippen LogP contribution >= 0.6 is 0 Å². The quantitative estimate of drug-likeness (QED) is 0.543. The third-order valence-electron chi connectivity index (χ3n) is 5.92. The highest BCUT2D eigenvalue weighted by Gasteiger charge is 2.29. The smallest absolute Gasteiger partial charge is 0.315 e. The predicted octanol–water partition coefficient (Wildman–Crippen LogP) is 4.17. The number of urea groups is 1. The van der Waals surface area contributed by atoms with E-state index in [4.69, 9.17) is 4.74 Å². The van der Waals surface area contributed by atoms with Crippen LogP contribution in [0.1, 0.15) is 69.2 Å². The molecule has 1 saturated carbocycles. The normalized spacial score (nSPS) is 19.1. The molecule has 0 heterocycles. The lowest BCUT2D eigenvalue weighted by Gasteiger charge is -2.34. The maximum Gasteiger partial charge on any atom is 0.315 e. The summed E-state index contributed by atoms with van der Waals surface area (Å²) < 4.78 is 6.05. The number of hydrogen-bond acceptors (Lipinski definition) is 3. The van der Waals surface area contributed by atoms with E-state index in [1.54, 1.807) is 19.2 Å². The molecule has 1 aromatic carbocycles. The fourth-order valence-corrected chi connectivity index (χ4v) is 3.85. The molecule has 160 valence electrons. The molecular formula is C23H35N3O3. The molecule has 0 aromatic heterocycles. The molecule has 2 rings (SSSR count). The number of carbonyl (C=O) groups excluding carboxylic acids is 2. The van der Waals surface area contributed by atoms with Crippen molar-refractivity contribution in [3.05, 3.63) is 42.5 Å². The van der Waals surface area contributed by atoms with Crippen molar-refractivity contribution < 1.29 is 14.3 Å². The number of nitrogens with one attached hydrogen (secondary N) is 3. The second-order valence-electron chi connectivity index (χ2n) is 7.77. The van der Waals surface area contributed by atoms with Gasteiger partial charge in [0.25, 0.3) is 5.91 Å². The van der Waals surface area contributed by atoms with E-state index in [2.05, 4.69) is 36.4 Å². The molecule has 1 aliphatic rings. The summed E-state index contributed by atoms with van der Waals surface area (Å²) in [6.07, 6.45) is 8.09. The summed E-state index contributed by atoms with van der Waals surface area (Å²) in [5, 5.41) is 8.90. The highest BCUT2D eigenvalue weighted by Crippen LogP contribution is 2.25. The Morgan fingerprint density at radius 2 is 1.76 bits per heavy atom. The average Bonchev–Trinajstić information content (AvgIpc) is 2.74. The Labute approximate surface area is 174 Å². The molecule has 3 amide bonds. The molecular weight excluding hydrogens is 366 g/mol. The monoisotopic (exact) mass is 401 g/mol. The van der Waals surface area contributed by atoms with E-state index in [0.717, 1.165) is 50.7 Å². The summed E-state index contributed by atoms with van der Waals surface area (Å²) in [6.45, 7) is 8.01. The Balaban J connectivity index is 1.79. The van der Waals surface area contributed by atoms with E-state index in [1.807, 2.05) is 18.2 Å². The minimum absolute atomic E-state index is 0.0929. The summed E-state index contributed by atoms with van der Waals surface area (Å²) in [7, 11) is 1.61. The maximum atomic E-state index is 12.5. The SMILES string of the molecule is C=CCC(CC)(CC)NC(=O)N[C@H]1CC[C@H](Oc2ccc(C(=O)NC)cc2)CC1. The summed E-state index contributed by atoms with van der Waals surface area (Å²) in [5.41, 5.74) is 0.401. The van der Waals surface area contributed by atoms with Crippen LogP contribution in [0.2, 0.25) is 0 Å². The van der Waals surface area contributed by atoms with E-state index in [1.165, 1.54) is 0 Å². The largest absolute Gasteiger partial charge is 0.490 e. The number of benzene rings is 1. The molecule has 0 saturated heterocycles. The summed E-state index contributed by atoms with van der Waals surface area (Å²) in [4.78, 5) is 24.1. The minimum Gasteiger partial charge on any atom is -0.490 e. The zero-order valence-corrected chi connectivity index (χ0v) is 17.9. The fourth-order valence-electron chi connectivity index (χ4n) is 3.85. The summed E-state index contributed by atoms with van der Waals surface area (Å²) in [5.74, 6) is 0.663. The van der Waals surface area contributed by atoms with Gasteiger partial charge >= 0.3 is 6.03 Å². The molecule has 0 spiro atoms. The zero-order valence-electron chi connectivity index (χ0n) is 17.9. The van der Waals surface area contributed by atoms with Crippen molar-refractivity contribution in [1.29, 1.82) is 0 Å². The van der Waals surface area contributed by atoms with Gasteiger partial charge < -0.3 is 20.7 Å². The zero-order chi connectivity index (χ0) is 21.3. The van der Waals surface area contributed by atoms with Crippen LogP contribution in [-0.2, 0) is 0 Å². The molecule has 29 heavy (non-hydrogen) atoms. The fraction of sp³-hybridized carbons (Fsp3) is 0.565. The standard InChI is InChI=1S/C23H35N3O3/c1-5-16-23(6-2,7-3)26-22(28)25-18-10-14-20(15-11-18)29-19-12-8-17(9-13-19)21(27)24-4/h5,8-9,12-13,18,20H,1,6-7,10-11,14-16H2,2-4H3,(H,24,27)(H2,25,26,28)/t18-,20-. The van der Waals surface area contributed by atoms with Gasteiger partial charge in [-0.05, 0) is 69.2 Å². The number of carbonyl (C=O) groups is 2. The maximum absolute atomic E-state index is 12.5. The molecule has 3 N–H and O–H groups in total. The molecule has 0 bridgehead atoms. The molecule has 1 fully saturated rings. The first kappa shape index (κ1) is 22.8. The van der Waals surface area contributed by atoms with Gasteiger partial charge in [-0.15, -0.1) is 6.58 Å². The Morgan fingerprint density at radius 1 is 1.14 bits per heavy atom. The Kier molecular flexibility index (Phi) is 8.55. The van der Waals surface area contributed by atoms with Crippen LogP contribution in [0.5, 0.6) is 5.75 Å². The topological polar surface area (TPSA) is 79.5 Å². The van der Waals surface area contributed by atoms with Gasteiger partial charge in [0.15, 0.2) is 0 Å². The number of hydrogen-bond donors (Lipinski definition) is 3. The van der Waals surface area contributed by atoms with Crippen molar-refractivity contribution in [3.8, 4) is 5.75 Å². The first-order valence-electron chi connectivity index (χ1n) is 10.6. The van der Waals surface area contributed by atoms with Crippen molar-refractivity contribution in [2.24, 2.45) is 0 Å². The predicted molar refractivity (Wildman–Crippen MR) is 116 cm³/mol. The molecule has 6 nitrogen and oxygen atoms in total. The highest BCUT2D eigenvalue weighted by molar-refractivity contribution is 5.94. The van der Waals surface area contributed by atoms with E-state index in [-0.39, 0.29) is 29.6 Å². The van der Waals surface area contributed by atoms with Crippen LogP contribution < -0.4 is 20.7 Å². The molecule has 6 heteroatoms. The van der Waals surface area contributed by atoms with Gasteiger partial charge in [0, 0.05) is 24.2 Å². The van der Waals surface area contributed by atoms with E-state index < -0.39 is 0 Å². The Morgan fingerprint density at radius 3 is 2.28 bits per heavy atom. The van der Waals surface area contributed by atoms with Crippen molar-refractivity contribution in [1.82, 2.24) is 16.0 Å². The molecule has 1 aliphatic carbocycles. The molecule has 1 aromatic rings. The summed E-state index contributed by atoms with van der Waals surface area (Å²) in [6, 6.07) is 7.27. The van der Waals surface area contributed by atoms with Gasteiger partial charge in [0.2, 0.25) is 0 Å².